The monoisotopic (exact) mass is 319 g/mol. The highest BCUT2D eigenvalue weighted by atomic mass is 16.7. The highest BCUT2D eigenvalue weighted by Gasteiger charge is 2.35. The molecule has 124 valence electrons. The molecule has 2 heterocycles. The minimum Gasteiger partial charge on any atom is -0.481 e. The van der Waals surface area contributed by atoms with Crippen LogP contribution >= 0.6 is 0 Å². The van der Waals surface area contributed by atoms with E-state index in [4.69, 9.17) is 14.6 Å². The van der Waals surface area contributed by atoms with Crippen LogP contribution in [0, 0.1) is 5.41 Å². The number of aliphatic carboxylic acids is 1. The van der Waals surface area contributed by atoms with Gasteiger partial charge >= 0.3 is 5.97 Å². The van der Waals surface area contributed by atoms with E-state index in [-0.39, 0.29) is 31.1 Å². The topological polar surface area (TPSA) is 76.1 Å². The van der Waals surface area contributed by atoms with Crippen molar-refractivity contribution in [3.05, 3.63) is 23.8 Å². The van der Waals surface area contributed by atoms with Gasteiger partial charge in [-0.15, -0.1) is 0 Å². The molecule has 1 N–H and O–H groups in total. The second-order valence-electron chi connectivity index (χ2n) is 6.63. The van der Waals surface area contributed by atoms with E-state index in [9.17, 15) is 9.59 Å². The summed E-state index contributed by atoms with van der Waals surface area (Å²) in [4.78, 5) is 24.4. The maximum atomic E-state index is 12.0. The highest BCUT2D eigenvalue weighted by molar-refractivity contribution is 5.78. The van der Waals surface area contributed by atoms with Crippen LogP contribution < -0.4 is 9.47 Å². The molecule has 2 aliphatic heterocycles. The van der Waals surface area contributed by atoms with E-state index < -0.39 is 5.97 Å². The smallest absolute Gasteiger partial charge is 0.305 e. The van der Waals surface area contributed by atoms with Gasteiger partial charge in [0.1, 0.15) is 0 Å². The summed E-state index contributed by atoms with van der Waals surface area (Å²) >= 11 is 0. The molecule has 1 amide bonds. The SMILES string of the molecule is CC1(Cc2ccc3c(c2)OCO3)CCC(=O)N(CCC(=O)O)C1. The molecule has 6 heteroatoms. The lowest BCUT2D eigenvalue weighted by Gasteiger charge is -2.40. The molecule has 0 radical (unpaired) electrons. The lowest BCUT2D eigenvalue weighted by atomic mass is 9.76. The van der Waals surface area contributed by atoms with Crippen LogP contribution in [0.1, 0.15) is 31.7 Å². The molecular weight excluding hydrogens is 298 g/mol. The van der Waals surface area contributed by atoms with E-state index in [2.05, 4.69) is 6.92 Å². The number of amides is 1. The minimum atomic E-state index is -0.874. The third-order valence-corrected chi connectivity index (χ3v) is 4.53. The number of benzene rings is 1. The number of hydrogen-bond donors (Lipinski definition) is 1. The van der Waals surface area contributed by atoms with Crippen molar-refractivity contribution in [2.24, 2.45) is 5.41 Å². The lowest BCUT2D eigenvalue weighted by Crippen LogP contribution is -2.46. The molecule has 1 saturated heterocycles. The molecular formula is C17H21NO5. The van der Waals surface area contributed by atoms with Crippen LogP contribution in [0.3, 0.4) is 0 Å². The molecule has 0 aromatic heterocycles. The van der Waals surface area contributed by atoms with Crippen molar-refractivity contribution in [2.45, 2.75) is 32.6 Å². The van der Waals surface area contributed by atoms with E-state index in [0.717, 1.165) is 29.9 Å². The second-order valence-corrected chi connectivity index (χ2v) is 6.63. The number of piperidine rings is 1. The maximum Gasteiger partial charge on any atom is 0.305 e. The first-order valence-corrected chi connectivity index (χ1v) is 7.83. The number of carboxylic acid groups (broad SMARTS) is 1. The van der Waals surface area contributed by atoms with Gasteiger partial charge in [-0.05, 0) is 36.0 Å². The number of fused-ring (bicyclic) bond motifs is 1. The van der Waals surface area contributed by atoms with Crippen molar-refractivity contribution in [3.8, 4) is 11.5 Å². The van der Waals surface area contributed by atoms with Gasteiger partial charge in [0.25, 0.3) is 0 Å². The van der Waals surface area contributed by atoms with Gasteiger partial charge in [-0.2, -0.15) is 0 Å². The summed E-state index contributed by atoms with van der Waals surface area (Å²) in [6.07, 6.45) is 2.09. The highest BCUT2D eigenvalue weighted by Crippen LogP contribution is 2.37. The number of carbonyl (C=O) groups is 2. The molecule has 1 aromatic rings. The van der Waals surface area contributed by atoms with Gasteiger partial charge in [-0.25, -0.2) is 0 Å². The first-order chi connectivity index (χ1) is 11.0. The maximum absolute atomic E-state index is 12.0. The predicted octanol–water partition coefficient (Wildman–Crippen LogP) is 2.06. The Balaban J connectivity index is 1.68. The van der Waals surface area contributed by atoms with E-state index in [1.807, 2.05) is 18.2 Å². The summed E-state index contributed by atoms with van der Waals surface area (Å²) in [7, 11) is 0. The molecule has 0 spiro atoms. The Morgan fingerprint density at radius 1 is 1.35 bits per heavy atom. The summed E-state index contributed by atoms with van der Waals surface area (Å²) in [6.45, 7) is 3.28. The molecule has 1 atom stereocenters. The molecule has 0 aliphatic carbocycles. The molecule has 3 rings (SSSR count). The molecule has 1 aromatic carbocycles. The Hall–Kier alpha value is -2.24. The van der Waals surface area contributed by atoms with Crippen LogP contribution in [0.4, 0.5) is 0 Å². The molecule has 23 heavy (non-hydrogen) atoms. The van der Waals surface area contributed by atoms with Crippen molar-refractivity contribution < 1.29 is 24.2 Å². The fraction of sp³-hybridized carbons (Fsp3) is 0.529. The molecule has 2 aliphatic rings. The summed E-state index contributed by atoms with van der Waals surface area (Å²) in [5.41, 5.74) is 1.09. The molecule has 1 unspecified atom stereocenters. The van der Waals surface area contributed by atoms with Gasteiger partial charge in [0.05, 0.1) is 6.42 Å². The number of carboxylic acids is 1. The van der Waals surface area contributed by atoms with Gasteiger partial charge in [0.2, 0.25) is 12.7 Å². The molecule has 0 saturated carbocycles. The standard InChI is InChI=1S/C17H21NO5/c1-17(6-4-15(19)18(10-17)7-5-16(20)21)9-12-2-3-13-14(8-12)23-11-22-13/h2-3,8H,4-7,9-11H2,1H3,(H,20,21). The number of nitrogens with zero attached hydrogens (tertiary/aromatic N) is 1. The van der Waals surface area contributed by atoms with Gasteiger partial charge in [0.15, 0.2) is 11.5 Å². The zero-order valence-electron chi connectivity index (χ0n) is 13.2. The van der Waals surface area contributed by atoms with Gasteiger partial charge in [-0.3, -0.25) is 9.59 Å². The Bertz CT molecular complexity index is 629. The average molecular weight is 319 g/mol. The third-order valence-electron chi connectivity index (χ3n) is 4.53. The van der Waals surface area contributed by atoms with Crippen molar-refractivity contribution in [1.82, 2.24) is 4.90 Å². The summed E-state index contributed by atoms with van der Waals surface area (Å²) < 4.78 is 10.7. The van der Waals surface area contributed by atoms with E-state index in [1.165, 1.54) is 0 Å². The van der Waals surface area contributed by atoms with Crippen LogP contribution in [0.25, 0.3) is 0 Å². The average Bonchev–Trinajstić information content (AvgIpc) is 2.96. The third kappa shape index (κ3) is 3.57. The van der Waals surface area contributed by atoms with Crippen LogP contribution in [0.2, 0.25) is 0 Å². The van der Waals surface area contributed by atoms with Crippen molar-refractivity contribution in [3.63, 3.8) is 0 Å². The fourth-order valence-corrected chi connectivity index (χ4v) is 3.32. The number of likely N-dealkylation sites (tertiary alicyclic amines) is 1. The van der Waals surface area contributed by atoms with Gasteiger partial charge in [0, 0.05) is 19.5 Å². The molecule has 1 fully saturated rings. The first kappa shape index (κ1) is 15.6. The van der Waals surface area contributed by atoms with Crippen LogP contribution in [-0.4, -0.2) is 41.8 Å². The number of rotatable bonds is 5. The van der Waals surface area contributed by atoms with Crippen LogP contribution in [0.5, 0.6) is 11.5 Å². The largest absolute Gasteiger partial charge is 0.481 e. The van der Waals surface area contributed by atoms with Gasteiger partial charge in [-0.1, -0.05) is 13.0 Å². The fourth-order valence-electron chi connectivity index (χ4n) is 3.32. The Morgan fingerprint density at radius 2 is 2.13 bits per heavy atom. The van der Waals surface area contributed by atoms with Crippen molar-refractivity contribution in [1.29, 1.82) is 0 Å². The second kappa shape index (κ2) is 6.10. The predicted molar refractivity (Wildman–Crippen MR) is 82.4 cm³/mol. The van der Waals surface area contributed by atoms with Gasteiger partial charge < -0.3 is 19.5 Å². The summed E-state index contributed by atoms with van der Waals surface area (Å²) in [6, 6.07) is 5.93. The van der Waals surface area contributed by atoms with Crippen molar-refractivity contribution >= 4 is 11.9 Å². The zero-order valence-corrected chi connectivity index (χ0v) is 13.2. The molecule has 6 nitrogen and oxygen atoms in total. The Labute approximate surface area is 135 Å². The first-order valence-electron chi connectivity index (χ1n) is 7.83. The summed E-state index contributed by atoms with van der Waals surface area (Å²) in [5.74, 6) is 0.705. The van der Waals surface area contributed by atoms with E-state index >= 15 is 0 Å². The minimum absolute atomic E-state index is 0.00809. The normalized spacial score (nSPS) is 23.2. The molecule has 0 bridgehead atoms. The van der Waals surface area contributed by atoms with Crippen molar-refractivity contribution in [2.75, 3.05) is 19.9 Å². The number of ether oxygens (including phenoxy) is 2. The number of hydrogen-bond acceptors (Lipinski definition) is 4. The van der Waals surface area contributed by atoms with E-state index in [0.29, 0.717) is 13.0 Å². The zero-order chi connectivity index (χ0) is 16.4. The quantitative estimate of drug-likeness (QED) is 0.899. The lowest BCUT2D eigenvalue weighted by molar-refractivity contribution is -0.141. The Kier molecular flexibility index (Phi) is 4.15. The summed E-state index contributed by atoms with van der Waals surface area (Å²) in [5, 5.41) is 8.82. The van der Waals surface area contributed by atoms with Crippen LogP contribution in [-0.2, 0) is 16.0 Å². The van der Waals surface area contributed by atoms with E-state index in [1.54, 1.807) is 4.90 Å². The number of carbonyl (C=O) groups excluding carboxylic acids is 1. The van der Waals surface area contributed by atoms with Crippen LogP contribution in [0.15, 0.2) is 18.2 Å². The Morgan fingerprint density at radius 3 is 2.91 bits per heavy atom.